The number of hydrogen-bond donors (Lipinski definition) is 3. The fourth-order valence-electron chi connectivity index (χ4n) is 11.4. The molecule has 558 valence electrons. The van der Waals surface area contributed by atoms with Gasteiger partial charge in [0.05, 0.1) is 26.4 Å². The predicted octanol–water partition coefficient (Wildman–Crippen LogP) is 21.8. The van der Waals surface area contributed by atoms with E-state index in [0.29, 0.717) is 25.7 Å². The summed E-state index contributed by atoms with van der Waals surface area (Å²) in [6.45, 7) is 11.9. The molecule has 0 aliphatic rings. The number of ether oxygens (including phenoxy) is 4. The zero-order valence-corrected chi connectivity index (χ0v) is 63.2. The van der Waals surface area contributed by atoms with Crippen molar-refractivity contribution in [3.05, 3.63) is 0 Å². The molecule has 0 aliphatic heterocycles. The first kappa shape index (κ1) is 92.1. The summed E-state index contributed by atoms with van der Waals surface area (Å²) in [7, 11) is -9.91. The Morgan fingerprint density at radius 3 is 0.723 bits per heavy atom. The number of carbonyl (C=O) groups excluding carboxylic acids is 4. The van der Waals surface area contributed by atoms with Crippen molar-refractivity contribution >= 4 is 39.5 Å². The average Bonchev–Trinajstić information content (AvgIpc) is 1.22. The molecule has 0 radical (unpaired) electrons. The lowest BCUT2D eigenvalue weighted by molar-refractivity contribution is -0.161. The predicted molar refractivity (Wildman–Crippen MR) is 381 cm³/mol. The minimum absolute atomic E-state index is 0.105. The summed E-state index contributed by atoms with van der Waals surface area (Å²) >= 11 is 0. The Morgan fingerprint density at radius 1 is 0.287 bits per heavy atom. The van der Waals surface area contributed by atoms with Crippen LogP contribution < -0.4 is 0 Å². The van der Waals surface area contributed by atoms with Crippen LogP contribution in [0.2, 0.25) is 0 Å². The number of aliphatic hydroxyl groups is 1. The van der Waals surface area contributed by atoms with Gasteiger partial charge in [-0.15, -0.1) is 0 Å². The number of aliphatic hydroxyl groups excluding tert-OH is 1. The minimum Gasteiger partial charge on any atom is -0.462 e. The Balaban J connectivity index is 5.20. The molecule has 0 rings (SSSR count). The van der Waals surface area contributed by atoms with Crippen molar-refractivity contribution < 1.29 is 80.2 Å². The molecule has 0 aromatic heterocycles. The summed E-state index contributed by atoms with van der Waals surface area (Å²) in [4.78, 5) is 72.6. The number of phosphoric ester groups is 2. The summed E-state index contributed by atoms with van der Waals surface area (Å²) in [6, 6.07) is 0. The van der Waals surface area contributed by atoms with E-state index < -0.39 is 97.5 Å². The molecule has 0 bridgehead atoms. The molecule has 17 nitrogen and oxygen atoms in total. The molecule has 2 unspecified atom stereocenters. The van der Waals surface area contributed by atoms with E-state index >= 15 is 0 Å². The van der Waals surface area contributed by atoms with E-state index in [1.807, 2.05) is 0 Å². The van der Waals surface area contributed by atoms with Crippen molar-refractivity contribution in [2.24, 2.45) is 17.8 Å². The third-order valence-electron chi connectivity index (χ3n) is 17.4. The zero-order chi connectivity index (χ0) is 69.4. The van der Waals surface area contributed by atoms with Crippen LogP contribution in [0.4, 0.5) is 0 Å². The Kier molecular flexibility index (Phi) is 64.3. The monoisotopic (exact) mass is 1380 g/mol. The SMILES string of the molecule is CCCCCCCCCC(=O)OC[C@H](COP(=O)(O)OC[C@H](O)COP(=O)(O)OC[C@@H](COC(=O)CCCCCCCCCCCCCCCCC(C)C)OC(=O)CCCCCCCCCCCCCCCCC(C)C)OC(=O)CCCCCCCCCCCCC(C)C. The summed E-state index contributed by atoms with van der Waals surface area (Å²) in [5, 5.41) is 10.6. The smallest absolute Gasteiger partial charge is 0.462 e. The molecular formula is C75H146O17P2. The highest BCUT2D eigenvalue weighted by Crippen LogP contribution is 2.45. The van der Waals surface area contributed by atoms with Crippen LogP contribution in [0.25, 0.3) is 0 Å². The summed E-state index contributed by atoms with van der Waals surface area (Å²) < 4.78 is 68.4. The van der Waals surface area contributed by atoms with Crippen LogP contribution in [0.15, 0.2) is 0 Å². The Morgan fingerprint density at radius 2 is 0.489 bits per heavy atom. The zero-order valence-electron chi connectivity index (χ0n) is 61.4. The van der Waals surface area contributed by atoms with E-state index in [4.69, 9.17) is 37.0 Å². The van der Waals surface area contributed by atoms with E-state index in [1.165, 1.54) is 180 Å². The number of carbonyl (C=O) groups is 4. The number of rotatable bonds is 73. The molecule has 94 heavy (non-hydrogen) atoms. The van der Waals surface area contributed by atoms with Crippen molar-refractivity contribution in [1.82, 2.24) is 0 Å². The average molecular weight is 1380 g/mol. The van der Waals surface area contributed by atoms with Crippen molar-refractivity contribution in [3.63, 3.8) is 0 Å². The lowest BCUT2D eigenvalue weighted by Crippen LogP contribution is -2.30. The first-order valence-corrected chi connectivity index (χ1v) is 41.8. The lowest BCUT2D eigenvalue weighted by atomic mass is 10.0. The second kappa shape index (κ2) is 65.7. The van der Waals surface area contributed by atoms with Crippen LogP contribution in [-0.2, 0) is 65.4 Å². The largest absolute Gasteiger partial charge is 0.472 e. The Labute approximate surface area is 575 Å². The third kappa shape index (κ3) is 68.6. The van der Waals surface area contributed by atoms with Gasteiger partial charge in [0.25, 0.3) is 0 Å². The second-order valence-corrected chi connectivity index (χ2v) is 31.4. The molecule has 0 heterocycles. The maximum atomic E-state index is 13.1. The molecule has 0 aliphatic carbocycles. The highest BCUT2D eigenvalue weighted by Gasteiger charge is 2.30. The van der Waals surface area contributed by atoms with Gasteiger partial charge in [-0.2, -0.15) is 0 Å². The molecule has 0 saturated heterocycles. The Bertz CT molecular complexity index is 1840. The first-order valence-electron chi connectivity index (χ1n) is 38.8. The van der Waals surface area contributed by atoms with E-state index in [1.54, 1.807) is 0 Å². The molecule has 0 fully saturated rings. The van der Waals surface area contributed by atoms with E-state index in [0.717, 1.165) is 120 Å². The van der Waals surface area contributed by atoms with E-state index in [-0.39, 0.29) is 25.7 Å². The maximum absolute atomic E-state index is 13.1. The highest BCUT2D eigenvalue weighted by molar-refractivity contribution is 7.47. The summed E-state index contributed by atoms with van der Waals surface area (Å²) in [5.41, 5.74) is 0. The van der Waals surface area contributed by atoms with Gasteiger partial charge in [0.2, 0.25) is 0 Å². The number of unbranched alkanes of at least 4 members (excludes halogenated alkanes) is 41. The van der Waals surface area contributed by atoms with Gasteiger partial charge in [-0.25, -0.2) is 9.13 Å². The van der Waals surface area contributed by atoms with Crippen LogP contribution in [0, 0.1) is 17.8 Å². The van der Waals surface area contributed by atoms with Gasteiger partial charge in [0.1, 0.15) is 19.3 Å². The Hall–Kier alpha value is -1.94. The lowest BCUT2D eigenvalue weighted by Gasteiger charge is -2.21. The van der Waals surface area contributed by atoms with Gasteiger partial charge in [-0.05, 0) is 43.4 Å². The summed E-state index contributed by atoms with van der Waals surface area (Å²) in [6.07, 6.45) is 51.4. The summed E-state index contributed by atoms with van der Waals surface area (Å²) in [5.74, 6) is 0.224. The van der Waals surface area contributed by atoms with Gasteiger partial charge in [0, 0.05) is 25.7 Å². The van der Waals surface area contributed by atoms with Crippen LogP contribution in [0.1, 0.15) is 382 Å². The van der Waals surface area contributed by atoms with Gasteiger partial charge in [-0.3, -0.25) is 37.3 Å². The molecule has 19 heteroatoms. The third-order valence-corrected chi connectivity index (χ3v) is 19.3. The van der Waals surface area contributed by atoms with Gasteiger partial charge in [0.15, 0.2) is 12.2 Å². The maximum Gasteiger partial charge on any atom is 0.472 e. The number of phosphoric acid groups is 2. The molecule has 0 amide bonds. The van der Waals surface area contributed by atoms with E-state index in [2.05, 4.69) is 48.5 Å². The fraction of sp³-hybridized carbons (Fsp3) is 0.947. The fourth-order valence-corrected chi connectivity index (χ4v) is 13.0. The van der Waals surface area contributed by atoms with Gasteiger partial charge in [-0.1, -0.05) is 331 Å². The molecule has 0 aromatic carbocycles. The molecule has 5 atom stereocenters. The normalized spacial score (nSPS) is 14.1. The topological polar surface area (TPSA) is 237 Å². The van der Waals surface area contributed by atoms with Crippen molar-refractivity contribution in [3.8, 4) is 0 Å². The van der Waals surface area contributed by atoms with Gasteiger partial charge >= 0.3 is 39.5 Å². The highest BCUT2D eigenvalue weighted by atomic mass is 31.2. The molecular weight excluding hydrogens is 1230 g/mol. The van der Waals surface area contributed by atoms with Crippen LogP contribution in [0.5, 0.6) is 0 Å². The quantitative estimate of drug-likeness (QED) is 0.0222. The van der Waals surface area contributed by atoms with Crippen LogP contribution in [0.3, 0.4) is 0 Å². The van der Waals surface area contributed by atoms with Crippen molar-refractivity contribution in [1.29, 1.82) is 0 Å². The first-order chi connectivity index (χ1) is 45.2. The molecule has 0 aromatic rings. The molecule has 0 spiro atoms. The van der Waals surface area contributed by atoms with Gasteiger partial charge < -0.3 is 33.8 Å². The van der Waals surface area contributed by atoms with Crippen LogP contribution >= 0.6 is 15.6 Å². The van der Waals surface area contributed by atoms with Crippen molar-refractivity contribution in [2.45, 2.75) is 401 Å². The van der Waals surface area contributed by atoms with Crippen LogP contribution in [-0.4, -0.2) is 96.7 Å². The second-order valence-electron chi connectivity index (χ2n) is 28.5. The number of hydrogen-bond acceptors (Lipinski definition) is 15. The van der Waals surface area contributed by atoms with E-state index in [9.17, 15) is 43.2 Å². The number of esters is 4. The molecule has 0 saturated carbocycles. The van der Waals surface area contributed by atoms with Crippen molar-refractivity contribution in [2.75, 3.05) is 39.6 Å². The molecule has 3 N–H and O–H groups in total. The standard InChI is InChI=1S/C75H146O17P2/c1-8-9-10-11-32-42-49-56-72(77)85-62-70(91-75(80)59-52-45-38-31-25-24-28-35-41-48-55-68(6)7)64-89-93(81,82)87-60-69(76)61-88-94(83,84)90-65-71(92-74(79)58-51-44-37-30-23-19-15-13-17-21-27-34-40-47-54-67(4)5)63-86-73(78)57-50-43-36-29-22-18-14-12-16-20-26-33-39-46-53-66(2)3/h66-71,76H,8-65H2,1-7H3,(H,81,82)(H,83,84)/t69-,70+,71+/m0/s1. The minimum atomic E-state index is -4.96.